The van der Waals surface area contributed by atoms with Crippen LogP contribution in [0.25, 0.3) is 0 Å². The first-order valence-electron chi connectivity index (χ1n) is 24.8. The number of carboxylic acid groups (broad SMARTS) is 2. The minimum atomic E-state index is -4.71. The number of methoxy groups -OCH3 is 2. The first-order valence-corrected chi connectivity index (χ1v) is 32.1. The number of nitrogens with zero attached hydrogens (tertiary/aromatic N) is 6. The molecule has 0 aliphatic rings. The Morgan fingerprint density at radius 2 is 1.26 bits per heavy atom. The molecule has 0 aliphatic carbocycles. The van der Waals surface area contributed by atoms with Gasteiger partial charge in [-0.15, -0.1) is 0 Å². The van der Waals surface area contributed by atoms with Crippen molar-refractivity contribution in [1.82, 2.24) is 34.4 Å². The Bertz CT molecular complexity index is 4010. The number of aromatic carboxylic acids is 1. The van der Waals surface area contributed by atoms with Gasteiger partial charge in [0.2, 0.25) is 41.2 Å². The highest BCUT2D eigenvalue weighted by molar-refractivity contribution is 7.93. The number of carbonyl (C=O) groups is 4. The van der Waals surface area contributed by atoms with Crippen molar-refractivity contribution in [2.75, 3.05) is 50.0 Å². The number of ether oxygens (including phenoxy) is 6. The van der Waals surface area contributed by atoms with Crippen LogP contribution in [0.2, 0.25) is 5.02 Å². The van der Waals surface area contributed by atoms with Crippen LogP contribution in [0.3, 0.4) is 0 Å². The molecule has 3 heterocycles. The van der Waals surface area contributed by atoms with Gasteiger partial charge in [-0.1, -0.05) is 30.7 Å². The molecule has 6 rings (SSSR count). The van der Waals surface area contributed by atoms with Crippen LogP contribution in [0.1, 0.15) is 36.2 Å². The fraction of sp³-hybridized carbons (Fsp3) is 0.271. The van der Waals surface area contributed by atoms with Crippen molar-refractivity contribution < 1.29 is 128 Å². The number of carbonyl (C=O) groups excluding carboxylic acids is 2. The Morgan fingerprint density at radius 1 is 0.742 bits per heavy atom. The van der Waals surface area contributed by atoms with Crippen LogP contribution in [-0.4, -0.2) is 153 Å². The fourth-order valence-corrected chi connectivity index (χ4v) is 10.9. The second kappa shape index (κ2) is 34.2. The number of nitro groups is 1. The Balaban J connectivity index is 0.000000338. The molecule has 6 aromatic rings. The van der Waals surface area contributed by atoms with Gasteiger partial charge in [-0.2, -0.15) is 59.1 Å². The van der Waals surface area contributed by atoms with Crippen LogP contribution >= 0.6 is 19.0 Å². The summed E-state index contributed by atoms with van der Waals surface area (Å²) in [5.41, 5.74) is 3.30. The van der Waals surface area contributed by atoms with Gasteiger partial charge in [-0.3, -0.25) is 30.1 Å². The molecule has 2 atom stereocenters. The molecule has 33 nitrogen and oxygen atoms in total. The molecule has 45 heteroatoms. The van der Waals surface area contributed by atoms with Crippen LogP contribution in [0.5, 0.6) is 40.8 Å². The summed E-state index contributed by atoms with van der Waals surface area (Å²) in [7, 11) is -13.7. The summed E-state index contributed by atoms with van der Waals surface area (Å²) in [5.74, 6) is -6.00. The summed E-state index contributed by atoms with van der Waals surface area (Å²) in [6.07, 6.45) is -3.42. The number of halogens is 8. The van der Waals surface area contributed by atoms with Crippen LogP contribution in [0, 0.1) is 10.1 Å². The highest BCUT2D eigenvalue weighted by Gasteiger charge is 2.32. The number of aromatic nitrogens is 5. The average molecular weight is 1430 g/mol. The molecule has 0 aliphatic heterocycles. The Labute approximate surface area is 525 Å². The molecular weight excluding hydrogens is 1380 g/mol. The number of hydrogen-bond acceptors (Lipinski definition) is 25. The van der Waals surface area contributed by atoms with Crippen molar-refractivity contribution in [2.24, 2.45) is 5.73 Å². The molecule has 4 amide bonds. The van der Waals surface area contributed by atoms with Crippen molar-refractivity contribution in [3.63, 3.8) is 0 Å². The summed E-state index contributed by atoms with van der Waals surface area (Å²) >= 11 is 5.80. The number of aliphatic carboxylic acids is 1. The molecule has 9 N–H and O–H groups in total. The zero-order valence-electron chi connectivity index (χ0n) is 47.8. The fourth-order valence-electron chi connectivity index (χ4n) is 6.25. The molecular formula is C48H50ClF7N11O22PS3. The third-order valence-corrected chi connectivity index (χ3v) is 16.3. The van der Waals surface area contributed by atoms with Gasteiger partial charge in [0.1, 0.15) is 27.3 Å². The molecule has 0 fully saturated rings. The molecule has 0 saturated carbocycles. The standard InChI is InChI=1S/C15H11ClF3NO4.C14H10F4N4O7S.C14H17N5O7S2.C5H12NO4P/c1-2-23-14-8-10(4-5-12(14)20(21)22)24-13-6-3-9(7-11(13)16)15(17,18)19;15-11(16)28-8-5-9(29-12(17)18)20-13(19-8)21-14(25)22-30(26,27)7-4-2-1-3-6(7)10(23)24;1-4-27(21,22)9-6-5-7-15-12(9)28(23,24)19-14(20)18-13-16-10(25-2)8-11(17-13)26-3;1-11(9,10)3-2-4(6)5(7)8/h3-8H,2H2,1H3;1-5,11-12H,(H,23,24)(H2,19,20,21,22,25);5-8H,4H2,1-3H3,(H2,16,17,18,19,20);4H,2-3,6H2,1H3,(H,7,8)(H,9,10). The lowest BCUT2D eigenvalue weighted by atomic mass is 10.2. The zero-order chi connectivity index (χ0) is 70.4. The maximum Gasteiger partial charge on any atom is 0.416 e. The van der Waals surface area contributed by atoms with Gasteiger partial charge in [-0.25, -0.2) is 45.6 Å². The van der Waals surface area contributed by atoms with Crippen LogP contribution in [-0.2, 0) is 45.4 Å². The molecule has 3 aromatic carbocycles. The smallest absolute Gasteiger partial charge is 0.416 e. The number of hydrogen-bond donors (Lipinski definition) is 8. The van der Waals surface area contributed by atoms with E-state index in [0.717, 1.165) is 42.6 Å². The van der Waals surface area contributed by atoms with Crippen molar-refractivity contribution in [2.45, 2.75) is 60.5 Å². The first-order chi connectivity index (χ1) is 43.1. The molecule has 3 aromatic heterocycles. The lowest BCUT2D eigenvalue weighted by Crippen LogP contribution is -2.36. The zero-order valence-corrected chi connectivity index (χ0v) is 51.9. The number of carboxylic acids is 2. The van der Waals surface area contributed by atoms with Crippen molar-refractivity contribution in [3.8, 4) is 40.8 Å². The van der Waals surface area contributed by atoms with Gasteiger partial charge in [-0.05, 0) is 61.9 Å². The lowest BCUT2D eigenvalue weighted by molar-refractivity contribution is -0.385. The van der Waals surface area contributed by atoms with Gasteiger partial charge in [0.25, 0.3) is 20.0 Å². The van der Waals surface area contributed by atoms with E-state index in [1.165, 1.54) is 75.0 Å². The molecule has 0 radical (unpaired) electrons. The normalized spacial score (nSPS) is 12.2. The van der Waals surface area contributed by atoms with Crippen molar-refractivity contribution in [1.29, 1.82) is 0 Å². The summed E-state index contributed by atoms with van der Waals surface area (Å²) in [6.45, 7) is -2.42. The topological polar surface area (TPSA) is 486 Å². The van der Waals surface area contributed by atoms with E-state index >= 15 is 0 Å². The highest BCUT2D eigenvalue weighted by Crippen LogP contribution is 2.39. The minimum Gasteiger partial charge on any atom is -0.487 e. The summed E-state index contributed by atoms with van der Waals surface area (Å²) in [5, 5.41) is 31.0. The van der Waals surface area contributed by atoms with Gasteiger partial charge in [0.05, 0.1) is 59.8 Å². The van der Waals surface area contributed by atoms with Crippen molar-refractivity contribution >= 4 is 90.4 Å². The summed E-state index contributed by atoms with van der Waals surface area (Å²) in [6, 6.07) is 11.1. The van der Waals surface area contributed by atoms with E-state index in [-0.39, 0.29) is 70.6 Å². The van der Waals surface area contributed by atoms with Gasteiger partial charge in [0, 0.05) is 31.2 Å². The number of nitrogens with one attached hydrogen (secondary N) is 4. The number of benzene rings is 3. The molecule has 0 spiro atoms. The van der Waals surface area contributed by atoms with Gasteiger partial charge >= 0.3 is 49.1 Å². The minimum absolute atomic E-state index is 0.0111. The third-order valence-electron chi connectivity index (χ3n) is 10.3. The quantitative estimate of drug-likeness (QED) is 0.0128. The van der Waals surface area contributed by atoms with E-state index in [9.17, 15) is 89.8 Å². The second-order valence-corrected chi connectivity index (χ2v) is 25.6. The number of pyridine rings is 1. The van der Waals surface area contributed by atoms with E-state index in [2.05, 4.69) is 39.7 Å². The molecule has 0 saturated heterocycles. The van der Waals surface area contributed by atoms with Crippen LogP contribution < -0.4 is 54.2 Å². The number of nitro benzene ring substituents is 1. The highest BCUT2D eigenvalue weighted by atomic mass is 35.5. The van der Waals surface area contributed by atoms with E-state index in [0.29, 0.717) is 6.07 Å². The monoisotopic (exact) mass is 1430 g/mol. The molecule has 2 unspecified atom stereocenters. The number of rotatable bonds is 24. The van der Waals surface area contributed by atoms with Crippen molar-refractivity contribution in [3.05, 3.63) is 117 Å². The maximum atomic E-state index is 12.6. The van der Waals surface area contributed by atoms with E-state index in [4.69, 9.17) is 51.4 Å². The first kappa shape index (κ1) is 77.7. The van der Waals surface area contributed by atoms with Gasteiger partial charge < -0.3 is 49.3 Å². The van der Waals surface area contributed by atoms with E-state index < -0.39 is 135 Å². The Kier molecular flexibility index (Phi) is 28.6. The maximum absolute atomic E-state index is 12.6. The van der Waals surface area contributed by atoms with Gasteiger partial charge in [0.15, 0.2) is 22.2 Å². The number of amides is 4. The average Bonchev–Trinajstić information content (AvgIpc) is 0.874. The van der Waals surface area contributed by atoms with Crippen LogP contribution in [0.15, 0.2) is 106 Å². The SMILES string of the molecule is CCOc1cc(Oc2ccc(C(F)(F)F)cc2Cl)ccc1[N+](=O)[O-].CCS(=O)(=O)c1cccnc1S(=O)(=O)NC(=O)Nc1nc(OC)cc(OC)n1.CP(=O)(O)CCC(N)C(=O)O.O=C(Nc1nc(OC(F)F)cc(OC(F)F)n1)NS(=O)(=O)c1ccccc1C(=O)O. The Hall–Kier alpha value is -9.55. The predicted molar refractivity (Wildman–Crippen MR) is 306 cm³/mol. The van der Waals surface area contributed by atoms with E-state index in [1.54, 1.807) is 17.0 Å². The molecule has 93 heavy (non-hydrogen) atoms. The molecule has 508 valence electrons. The lowest BCUT2D eigenvalue weighted by Gasteiger charge is -2.12. The number of anilines is 2. The van der Waals surface area contributed by atoms with Crippen LogP contribution in [0.4, 0.5) is 57.9 Å². The number of sulfonamides is 2. The molecule has 0 bridgehead atoms. The second-order valence-electron chi connectivity index (χ2n) is 17.1. The number of alkyl halides is 7. The van der Waals surface area contributed by atoms with E-state index in [1.807, 2.05) is 0 Å². The summed E-state index contributed by atoms with van der Waals surface area (Å²) < 4.78 is 203. The third kappa shape index (κ3) is 25.6. The largest absolute Gasteiger partial charge is 0.487 e. The number of urea groups is 2. The summed E-state index contributed by atoms with van der Waals surface area (Å²) in [4.78, 5) is 80.8. The predicted octanol–water partition coefficient (Wildman–Crippen LogP) is 7.23. The number of sulfone groups is 1. The Morgan fingerprint density at radius 3 is 1.72 bits per heavy atom. The number of nitrogens with two attached hydrogens (primary N) is 1.